The third kappa shape index (κ3) is 4.58. The number of halogens is 3. The number of carbonyl (C=O) groups excluding carboxylic acids is 1. The van der Waals surface area contributed by atoms with E-state index in [9.17, 15) is 4.79 Å². The Morgan fingerprint density at radius 3 is 2.45 bits per heavy atom. The van der Waals surface area contributed by atoms with Crippen molar-refractivity contribution in [1.29, 1.82) is 0 Å². The highest BCUT2D eigenvalue weighted by Crippen LogP contribution is 2.20. The summed E-state index contributed by atoms with van der Waals surface area (Å²) in [6.45, 7) is 0.410. The van der Waals surface area contributed by atoms with Gasteiger partial charge in [0.1, 0.15) is 0 Å². The molecule has 0 heterocycles. The Morgan fingerprint density at radius 1 is 1.05 bits per heavy atom. The minimum atomic E-state index is -0.404. The zero-order chi connectivity index (χ0) is 16.1. The van der Waals surface area contributed by atoms with Gasteiger partial charge in [-0.05, 0) is 42.0 Å². The van der Waals surface area contributed by atoms with Gasteiger partial charge in [0, 0.05) is 16.6 Å². The van der Waals surface area contributed by atoms with E-state index in [1.165, 1.54) is 12.1 Å². The second kappa shape index (κ2) is 7.79. The van der Waals surface area contributed by atoms with Crippen LogP contribution in [0.5, 0.6) is 0 Å². The van der Waals surface area contributed by atoms with Crippen molar-refractivity contribution in [3.8, 4) is 0 Å². The summed E-state index contributed by atoms with van der Waals surface area (Å²) in [6.07, 6.45) is 0. The van der Waals surface area contributed by atoms with Crippen molar-refractivity contribution < 1.29 is 4.79 Å². The van der Waals surface area contributed by atoms with Crippen LogP contribution in [0, 0.1) is 0 Å². The fourth-order valence-corrected chi connectivity index (χ4v) is 2.57. The minimum Gasteiger partial charge on any atom is -0.358 e. The van der Waals surface area contributed by atoms with E-state index in [0.29, 0.717) is 22.2 Å². The molecular weight excluding hydrogens is 363 g/mol. The standard InChI is InChI=1S/C15H11Cl3N2OS/c16-10-5-6-11(13(18)7-10)14(21)20-15(22)19-8-9-3-1-2-4-12(9)17/h1-7H,8H2,(H2,19,20,21,22). The average Bonchev–Trinajstić information content (AvgIpc) is 2.46. The molecule has 114 valence electrons. The topological polar surface area (TPSA) is 41.1 Å². The van der Waals surface area contributed by atoms with Crippen molar-refractivity contribution in [2.24, 2.45) is 0 Å². The van der Waals surface area contributed by atoms with Crippen LogP contribution in [0.4, 0.5) is 0 Å². The largest absolute Gasteiger partial charge is 0.358 e. The van der Waals surface area contributed by atoms with Crippen LogP contribution < -0.4 is 10.6 Å². The molecule has 1 amide bonds. The zero-order valence-corrected chi connectivity index (χ0v) is 14.3. The highest BCUT2D eigenvalue weighted by Gasteiger charge is 2.12. The lowest BCUT2D eigenvalue weighted by atomic mass is 10.2. The Balaban J connectivity index is 1.94. The Kier molecular flexibility index (Phi) is 6.03. The van der Waals surface area contributed by atoms with Gasteiger partial charge < -0.3 is 5.32 Å². The van der Waals surface area contributed by atoms with Crippen LogP contribution >= 0.6 is 47.0 Å². The molecule has 0 aliphatic carbocycles. The van der Waals surface area contributed by atoms with E-state index in [1.54, 1.807) is 12.1 Å². The molecule has 0 atom stereocenters. The Labute approximate surface area is 148 Å². The minimum absolute atomic E-state index is 0.191. The Bertz CT molecular complexity index is 722. The van der Waals surface area contributed by atoms with E-state index in [0.717, 1.165) is 5.56 Å². The van der Waals surface area contributed by atoms with Crippen molar-refractivity contribution in [1.82, 2.24) is 10.6 Å². The molecule has 0 radical (unpaired) electrons. The smallest absolute Gasteiger partial charge is 0.258 e. The van der Waals surface area contributed by atoms with Gasteiger partial charge >= 0.3 is 0 Å². The van der Waals surface area contributed by atoms with Crippen LogP contribution in [0.1, 0.15) is 15.9 Å². The van der Waals surface area contributed by atoms with Crippen molar-refractivity contribution >= 4 is 58.0 Å². The fourth-order valence-electron chi connectivity index (χ4n) is 1.71. The predicted octanol–water partition coefficient (Wildman–Crippen LogP) is 4.45. The van der Waals surface area contributed by atoms with Crippen molar-refractivity contribution in [3.05, 3.63) is 68.7 Å². The maximum Gasteiger partial charge on any atom is 0.258 e. The summed E-state index contributed by atoms with van der Waals surface area (Å²) >= 11 is 22.9. The third-order valence-corrected chi connectivity index (χ3v) is 3.96. The van der Waals surface area contributed by atoms with Crippen molar-refractivity contribution in [3.63, 3.8) is 0 Å². The Morgan fingerprint density at radius 2 is 1.77 bits per heavy atom. The molecule has 0 bridgehead atoms. The maximum absolute atomic E-state index is 12.1. The lowest BCUT2D eigenvalue weighted by molar-refractivity contribution is 0.0977. The first-order valence-corrected chi connectivity index (χ1v) is 7.79. The van der Waals surface area contributed by atoms with E-state index in [-0.39, 0.29) is 10.1 Å². The lowest BCUT2D eigenvalue weighted by Gasteiger charge is -2.11. The molecule has 0 saturated carbocycles. The van der Waals surface area contributed by atoms with E-state index in [1.807, 2.05) is 18.2 Å². The first-order valence-electron chi connectivity index (χ1n) is 6.25. The molecule has 0 unspecified atom stereocenters. The summed E-state index contributed by atoms with van der Waals surface area (Å²) in [5.74, 6) is -0.404. The van der Waals surface area contributed by atoms with Crippen LogP contribution in [-0.2, 0) is 6.54 Å². The molecule has 0 aliphatic heterocycles. The molecule has 0 fully saturated rings. The number of nitrogens with one attached hydrogen (secondary N) is 2. The van der Waals surface area contributed by atoms with E-state index in [4.69, 9.17) is 47.0 Å². The number of amides is 1. The van der Waals surface area contributed by atoms with Gasteiger partial charge in [-0.3, -0.25) is 10.1 Å². The molecule has 3 nitrogen and oxygen atoms in total. The zero-order valence-electron chi connectivity index (χ0n) is 11.2. The van der Waals surface area contributed by atoms with Gasteiger partial charge in [-0.2, -0.15) is 0 Å². The fraction of sp³-hybridized carbons (Fsp3) is 0.0667. The highest BCUT2D eigenvalue weighted by molar-refractivity contribution is 7.80. The van der Waals surface area contributed by atoms with Gasteiger partial charge in [0.25, 0.3) is 5.91 Å². The van der Waals surface area contributed by atoms with Crippen molar-refractivity contribution in [2.45, 2.75) is 6.54 Å². The van der Waals surface area contributed by atoms with Gasteiger partial charge in [-0.1, -0.05) is 53.0 Å². The summed E-state index contributed by atoms with van der Waals surface area (Å²) in [5, 5.41) is 7.02. The number of hydrogen-bond acceptors (Lipinski definition) is 2. The van der Waals surface area contributed by atoms with Gasteiger partial charge in [0.15, 0.2) is 5.11 Å². The first kappa shape index (κ1) is 17.0. The average molecular weight is 374 g/mol. The molecule has 2 rings (SSSR count). The third-order valence-electron chi connectivity index (χ3n) is 2.80. The highest BCUT2D eigenvalue weighted by atomic mass is 35.5. The number of benzene rings is 2. The molecule has 2 aromatic carbocycles. The molecule has 2 N–H and O–H groups in total. The van der Waals surface area contributed by atoms with Crippen LogP contribution in [0.15, 0.2) is 42.5 Å². The normalized spacial score (nSPS) is 10.1. The second-order valence-electron chi connectivity index (χ2n) is 4.35. The van der Waals surface area contributed by atoms with Gasteiger partial charge in [-0.15, -0.1) is 0 Å². The molecule has 0 spiro atoms. The van der Waals surface area contributed by atoms with Crippen LogP contribution in [0.2, 0.25) is 15.1 Å². The second-order valence-corrected chi connectivity index (χ2v) is 6.01. The molecule has 7 heteroatoms. The van der Waals surface area contributed by atoms with Crippen molar-refractivity contribution in [2.75, 3.05) is 0 Å². The predicted molar refractivity (Wildman–Crippen MR) is 94.8 cm³/mol. The van der Waals surface area contributed by atoms with Crippen LogP contribution in [0.3, 0.4) is 0 Å². The van der Waals surface area contributed by atoms with E-state index in [2.05, 4.69) is 10.6 Å². The summed E-state index contributed by atoms with van der Waals surface area (Å²) < 4.78 is 0. The molecule has 0 saturated heterocycles. The SMILES string of the molecule is O=C(NC(=S)NCc1ccccc1Cl)c1ccc(Cl)cc1Cl. The van der Waals surface area contributed by atoms with Gasteiger partial charge in [0.2, 0.25) is 0 Å². The number of thiocarbonyl (C=S) groups is 1. The monoisotopic (exact) mass is 372 g/mol. The van der Waals surface area contributed by atoms with Gasteiger partial charge in [0.05, 0.1) is 10.6 Å². The van der Waals surface area contributed by atoms with E-state index < -0.39 is 5.91 Å². The Hall–Kier alpha value is -1.33. The van der Waals surface area contributed by atoms with Gasteiger partial charge in [-0.25, -0.2) is 0 Å². The summed E-state index contributed by atoms with van der Waals surface area (Å²) in [6, 6.07) is 12.0. The maximum atomic E-state index is 12.1. The van der Waals surface area contributed by atoms with Crippen LogP contribution in [-0.4, -0.2) is 11.0 Å². The number of rotatable bonds is 3. The molecule has 0 aliphatic rings. The lowest BCUT2D eigenvalue weighted by Crippen LogP contribution is -2.39. The molecule has 22 heavy (non-hydrogen) atoms. The molecule has 2 aromatic rings. The molecule has 0 aromatic heterocycles. The summed E-state index contributed by atoms with van der Waals surface area (Å²) in [4.78, 5) is 12.1. The summed E-state index contributed by atoms with van der Waals surface area (Å²) in [5.41, 5.74) is 1.18. The summed E-state index contributed by atoms with van der Waals surface area (Å²) in [7, 11) is 0. The quantitative estimate of drug-likeness (QED) is 0.781. The van der Waals surface area contributed by atoms with Crippen LogP contribution in [0.25, 0.3) is 0 Å². The molecular formula is C15H11Cl3N2OS. The number of hydrogen-bond donors (Lipinski definition) is 2. The first-order chi connectivity index (χ1) is 10.5. The van der Waals surface area contributed by atoms with E-state index >= 15 is 0 Å². The number of carbonyl (C=O) groups is 1.